The van der Waals surface area contributed by atoms with Gasteiger partial charge in [0.1, 0.15) is 18.1 Å². The Morgan fingerprint density at radius 2 is 0.977 bits per heavy atom. The Morgan fingerprint density at radius 3 is 1.43 bits per heavy atom. The predicted octanol–water partition coefficient (Wildman–Crippen LogP) is 3.65. The standard InChI is InChI=1S/C35H44N3O5P/c1-22(2)29(33(40)37-30(23(3)4)34(41)38-31(24(5)6)35(42)43-7)36-32(39)27-20-14-15-21-28(27)44(25-16-10-8-11-17-25)26-18-12-9-13-19-26/h8-24,29-31H,1-7H3,(H,36,39)(H,37,40)(H,38,41)/t29-,30-,31-/m0/s1. The lowest BCUT2D eigenvalue weighted by molar-refractivity contribution is -0.146. The summed E-state index contributed by atoms with van der Waals surface area (Å²) < 4.78 is 4.85. The third-order valence-corrected chi connectivity index (χ3v) is 9.82. The van der Waals surface area contributed by atoms with Gasteiger partial charge in [0.15, 0.2) is 0 Å². The fourth-order valence-corrected chi connectivity index (χ4v) is 7.29. The second kappa shape index (κ2) is 16.2. The average molecular weight is 618 g/mol. The van der Waals surface area contributed by atoms with Gasteiger partial charge in [-0.2, -0.15) is 0 Å². The summed E-state index contributed by atoms with van der Waals surface area (Å²) >= 11 is 0. The number of benzene rings is 3. The maximum absolute atomic E-state index is 13.9. The van der Waals surface area contributed by atoms with E-state index < -0.39 is 43.8 Å². The molecule has 3 atom stereocenters. The van der Waals surface area contributed by atoms with Crippen molar-refractivity contribution < 1.29 is 23.9 Å². The smallest absolute Gasteiger partial charge is 0.328 e. The fraction of sp³-hybridized carbons (Fsp3) is 0.371. The van der Waals surface area contributed by atoms with E-state index in [4.69, 9.17) is 4.74 Å². The van der Waals surface area contributed by atoms with Gasteiger partial charge in [0.2, 0.25) is 11.8 Å². The molecule has 0 saturated heterocycles. The van der Waals surface area contributed by atoms with Crippen LogP contribution in [0.5, 0.6) is 0 Å². The first-order chi connectivity index (χ1) is 21.0. The zero-order valence-corrected chi connectivity index (χ0v) is 27.4. The molecule has 0 aromatic heterocycles. The van der Waals surface area contributed by atoms with Crippen molar-refractivity contribution in [3.63, 3.8) is 0 Å². The van der Waals surface area contributed by atoms with Crippen molar-refractivity contribution in [2.45, 2.75) is 59.7 Å². The first-order valence-corrected chi connectivity index (χ1v) is 16.3. The highest BCUT2D eigenvalue weighted by molar-refractivity contribution is 7.80. The molecule has 234 valence electrons. The number of hydrogen-bond acceptors (Lipinski definition) is 5. The number of rotatable bonds is 13. The molecule has 0 aliphatic rings. The van der Waals surface area contributed by atoms with Gasteiger partial charge >= 0.3 is 5.97 Å². The number of ether oxygens (including phenoxy) is 1. The van der Waals surface area contributed by atoms with E-state index in [0.717, 1.165) is 15.9 Å². The van der Waals surface area contributed by atoms with Crippen LogP contribution in [0.25, 0.3) is 0 Å². The van der Waals surface area contributed by atoms with Crippen molar-refractivity contribution in [3.8, 4) is 0 Å². The van der Waals surface area contributed by atoms with Gasteiger partial charge in [0.25, 0.3) is 5.91 Å². The minimum Gasteiger partial charge on any atom is -0.467 e. The number of esters is 1. The number of methoxy groups -OCH3 is 1. The van der Waals surface area contributed by atoms with Crippen LogP contribution in [0.2, 0.25) is 0 Å². The quantitative estimate of drug-likeness (QED) is 0.200. The van der Waals surface area contributed by atoms with Gasteiger partial charge in [-0.3, -0.25) is 14.4 Å². The largest absolute Gasteiger partial charge is 0.467 e. The molecule has 0 unspecified atom stereocenters. The van der Waals surface area contributed by atoms with Crippen molar-refractivity contribution in [1.29, 1.82) is 0 Å². The molecule has 0 radical (unpaired) electrons. The van der Waals surface area contributed by atoms with Crippen LogP contribution in [-0.2, 0) is 19.1 Å². The Hall–Kier alpha value is -4.03. The lowest BCUT2D eigenvalue weighted by Gasteiger charge is -2.29. The third-order valence-electron chi connectivity index (χ3n) is 7.32. The highest BCUT2D eigenvalue weighted by atomic mass is 31.1. The van der Waals surface area contributed by atoms with Gasteiger partial charge in [-0.15, -0.1) is 0 Å². The molecule has 3 N–H and O–H groups in total. The van der Waals surface area contributed by atoms with Crippen LogP contribution in [0.15, 0.2) is 84.9 Å². The second-order valence-corrected chi connectivity index (χ2v) is 13.9. The molecule has 3 aromatic rings. The summed E-state index contributed by atoms with van der Waals surface area (Å²) in [4.78, 5) is 53.1. The van der Waals surface area contributed by atoms with Crippen LogP contribution in [0.1, 0.15) is 51.9 Å². The Bertz CT molecular complexity index is 1370. The minimum absolute atomic E-state index is 0.213. The molecule has 0 spiro atoms. The van der Waals surface area contributed by atoms with E-state index in [1.165, 1.54) is 7.11 Å². The summed E-state index contributed by atoms with van der Waals surface area (Å²) in [5, 5.41) is 11.6. The molecule has 0 saturated carbocycles. The summed E-state index contributed by atoms with van der Waals surface area (Å²) in [6.45, 7) is 10.9. The van der Waals surface area contributed by atoms with Crippen molar-refractivity contribution in [3.05, 3.63) is 90.5 Å². The Kier molecular flexibility index (Phi) is 12.7. The lowest BCUT2D eigenvalue weighted by atomic mass is 9.98. The fourth-order valence-electron chi connectivity index (χ4n) is 4.84. The molecular weight excluding hydrogens is 573 g/mol. The molecule has 0 bridgehead atoms. The van der Waals surface area contributed by atoms with Gasteiger partial charge < -0.3 is 20.7 Å². The number of carbonyl (C=O) groups excluding carboxylic acids is 4. The zero-order valence-electron chi connectivity index (χ0n) is 26.5. The molecule has 0 aliphatic heterocycles. The van der Waals surface area contributed by atoms with Gasteiger partial charge in [-0.05, 0) is 47.7 Å². The van der Waals surface area contributed by atoms with Crippen molar-refractivity contribution >= 4 is 47.5 Å². The van der Waals surface area contributed by atoms with Gasteiger partial charge in [0, 0.05) is 5.56 Å². The van der Waals surface area contributed by atoms with Crippen LogP contribution < -0.4 is 31.9 Å². The van der Waals surface area contributed by atoms with Crippen LogP contribution in [-0.4, -0.2) is 48.9 Å². The molecule has 44 heavy (non-hydrogen) atoms. The van der Waals surface area contributed by atoms with E-state index in [2.05, 4.69) is 40.2 Å². The maximum atomic E-state index is 13.9. The average Bonchev–Trinajstić information content (AvgIpc) is 3.01. The first kappa shape index (κ1) is 34.5. The summed E-state index contributed by atoms with van der Waals surface area (Å²) in [5.74, 6) is -2.67. The highest BCUT2D eigenvalue weighted by Gasteiger charge is 2.34. The summed E-state index contributed by atoms with van der Waals surface area (Å²) in [6.07, 6.45) is 0. The van der Waals surface area contributed by atoms with E-state index in [-0.39, 0.29) is 23.7 Å². The van der Waals surface area contributed by atoms with Crippen LogP contribution in [0.3, 0.4) is 0 Å². The summed E-state index contributed by atoms with van der Waals surface area (Å²) in [6, 6.07) is 25.0. The van der Waals surface area contributed by atoms with Crippen molar-refractivity contribution in [1.82, 2.24) is 16.0 Å². The monoisotopic (exact) mass is 617 g/mol. The van der Waals surface area contributed by atoms with Crippen molar-refractivity contribution in [2.24, 2.45) is 17.8 Å². The second-order valence-electron chi connectivity index (χ2n) is 11.7. The van der Waals surface area contributed by atoms with E-state index in [0.29, 0.717) is 5.56 Å². The summed E-state index contributed by atoms with van der Waals surface area (Å²) in [5.41, 5.74) is 0.487. The molecule has 9 heteroatoms. The summed E-state index contributed by atoms with van der Waals surface area (Å²) in [7, 11) is 0.207. The van der Waals surface area contributed by atoms with Crippen LogP contribution in [0.4, 0.5) is 0 Å². The number of hydrogen-bond donors (Lipinski definition) is 3. The van der Waals surface area contributed by atoms with Crippen LogP contribution >= 0.6 is 7.92 Å². The Morgan fingerprint density at radius 1 is 0.568 bits per heavy atom. The van der Waals surface area contributed by atoms with E-state index >= 15 is 0 Å². The van der Waals surface area contributed by atoms with Crippen molar-refractivity contribution in [2.75, 3.05) is 7.11 Å². The topological polar surface area (TPSA) is 114 Å². The predicted molar refractivity (Wildman–Crippen MR) is 177 cm³/mol. The van der Waals surface area contributed by atoms with Gasteiger partial charge in [-0.25, -0.2) is 4.79 Å². The molecule has 0 aliphatic carbocycles. The molecule has 0 heterocycles. The molecular formula is C35H44N3O5P. The SMILES string of the molecule is COC(=O)[C@@H](NC(=O)[C@@H](NC(=O)[C@@H](NC(=O)c1ccccc1P(c1ccccc1)c1ccccc1)C(C)C)C(C)C)C(C)C. The lowest BCUT2D eigenvalue weighted by Crippen LogP contribution is -2.59. The normalized spacial score (nSPS) is 13.3. The van der Waals surface area contributed by atoms with E-state index in [1.807, 2.05) is 82.3 Å². The number of nitrogens with one attached hydrogen (secondary N) is 3. The minimum atomic E-state index is -1.06. The third kappa shape index (κ3) is 8.76. The number of carbonyl (C=O) groups is 4. The highest BCUT2D eigenvalue weighted by Crippen LogP contribution is 2.34. The number of amides is 3. The Labute approximate surface area is 262 Å². The maximum Gasteiger partial charge on any atom is 0.328 e. The van der Waals surface area contributed by atoms with Crippen LogP contribution in [0, 0.1) is 17.8 Å². The molecule has 3 aromatic carbocycles. The van der Waals surface area contributed by atoms with E-state index in [1.54, 1.807) is 19.9 Å². The molecule has 0 fully saturated rings. The zero-order chi connectivity index (χ0) is 32.4. The molecule has 3 rings (SSSR count). The van der Waals surface area contributed by atoms with Gasteiger partial charge in [0.05, 0.1) is 7.11 Å². The van der Waals surface area contributed by atoms with E-state index in [9.17, 15) is 19.2 Å². The molecule has 3 amide bonds. The first-order valence-electron chi connectivity index (χ1n) is 14.9. The van der Waals surface area contributed by atoms with Gasteiger partial charge in [-0.1, -0.05) is 120 Å². The molecule has 8 nitrogen and oxygen atoms in total. The Balaban J connectivity index is 1.89.